The number of carbonyl (C=O) groups excluding carboxylic acids is 1. The average Bonchev–Trinajstić information content (AvgIpc) is 2.78. The third-order valence-corrected chi connectivity index (χ3v) is 5.78. The van der Waals surface area contributed by atoms with Crippen molar-refractivity contribution in [3.63, 3.8) is 0 Å². The zero-order valence-corrected chi connectivity index (χ0v) is 17.4. The maximum absolute atomic E-state index is 12.4. The minimum atomic E-state index is -3.68. The fraction of sp³-hybridized carbons (Fsp3) is 0.136. The lowest BCUT2D eigenvalue weighted by Gasteiger charge is -2.12. The van der Waals surface area contributed by atoms with Gasteiger partial charge in [0.2, 0.25) is 0 Å². The fourth-order valence-corrected chi connectivity index (χ4v) is 3.86. The lowest BCUT2D eigenvalue weighted by atomic mass is 10.1. The van der Waals surface area contributed by atoms with Gasteiger partial charge in [0.25, 0.3) is 15.9 Å². The van der Waals surface area contributed by atoms with Crippen LogP contribution in [0.4, 0.5) is 5.69 Å². The summed E-state index contributed by atoms with van der Waals surface area (Å²) in [5, 5.41) is 2.82. The second-order valence-electron chi connectivity index (χ2n) is 6.36. The predicted octanol–water partition coefficient (Wildman–Crippen LogP) is 3.43. The van der Waals surface area contributed by atoms with Crippen LogP contribution in [0, 0.1) is 0 Å². The number of ether oxygens (including phenoxy) is 2. The summed E-state index contributed by atoms with van der Waals surface area (Å²) in [5.74, 6) is 0.987. The highest BCUT2D eigenvalue weighted by atomic mass is 32.2. The minimum absolute atomic E-state index is 0.167. The quantitative estimate of drug-likeness (QED) is 0.576. The van der Waals surface area contributed by atoms with Crippen molar-refractivity contribution in [3.05, 3.63) is 83.9 Å². The molecule has 0 aliphatic rings. The topological polar surface area (TPSA) is 93.7 Å². The van der Waals surface area contributed by atoms with Gasteiger partial charge in [-0.25, -0.2) is 8.42 Å². The molecule has 0 saturated carbocycles. The number of amides is 1. The van der Waals surface area contributed by atoms with Crippen LogP contribution in [0.2, 0.25) is 0 Å². The lowest BCUT2D eigenvalue weighted by Crippen LogP contribution is -2.23. The van der Waals surface area contributed by atoms with Crippen molar-refractivity contribution in [3.8, 4) is 11.5 Å². The van der Waals surface area contributed by atoms with Gasteiger partial charge < -0.3 is 14.8 Å². The second kappa shape index (κ2) is 9.32. The molecule has 3 rings (SSSR count). The molecule has 2 N–H and O–H groups in total. The number of sulfonamides is 1. The summed E-state index contributed by atoms with van der Waals surface area (Å²) in [6.45, 7) is 0.272. The molecule has 0 unspecified atom stereocenters. The third kappa shape index (κ3) is 5.09. The summed E-state index contributed by atoms with van der Waals surface area (Å²) in [4.78, 5) is 12.6. The van der Waals surface area contributed by atoms with E-state index in [-0.39, 0.29) is 17.3 Å². The molecule has 0 fully saturated rings. The van der Waals surface area contributed by atoms with E-state index in [9.17, 15) is 13.2 Å². The van der Waals surface area contributed by atoms with E-state index in [1.807, 2.05) is 6.07 Å². The van der Waals surface area contributed by atoms with Gasteiger partial charge in [-0.1, -0.05) is 18.2 Å². The summed E-state index contributed by atoms with van der Waals surface area (Å²) in [6, 6.07) is 19.6. The molecule has 7 nitrogen and oxygen atoms in total. The Morgan fingerprint density at radius 2 is 1.60 bits per heavy atom. The summed E-state index contributed by atoms with van der Waals surface area (Å²) >= 11 is 0. The number of benzene rings is 3. The van der Waals surface area contributed by atoms with Crippen LogP contribution in [0.5, 0.6) is 11.5 Å². The van der Waals surface area contributed by atoms with E-state index in [1.54, 1.807) is 68.8 Å². The van der Waals surface area contributed by atoms with Gasteiger partial charge in [-0.05, 0) is 48.5 Å². The zero-order chi connectivity index (χ0) is 21.6. The number of hydrogen-bond acceptors (Lipinski definition) is 5. The third-order valence-electron chi connectivity index (χ3n) is 4.39. The Morgan fingerprint density at radius 3 is 2.23 bits per heavy atom. The Hall–Kier alpha value is -3.52. The van der Waals surface area contributed by atoms with Gasteiger partial charge in [-0.3, -0.25) is 9.52 Å². The molecular weight excluding hydrogens is 404 g/mol. The first-order valence-corrected chi connectivity index (χ1v) is 10.6. The summed E-state index contributed by atoms with van der Waals surface area (Å²) in [7, 11) is -0.561. The highest BCUT2D eigenvalue weighted by Gasteiger charge is 2.14. The molecule has 0 aliphatic carbocycles. The van der Waals surface area contributed by atoms with E-state index in [4.69, 9.17) is 9.47 Å². The average molecular weight is 426 g/mol. The van der Waals surface area contributed by atoms with Crippen LogP contribution in [-0.4, -0.2) is 28.5 Å². The molecule has 0 radical (unpaired) electrons. The Balaban J connectivity index is 1.64. The van der Waals surface area contributed by atoms with Gasteiger partial charge in [-0.2, -0.15) is 0 Å². The van der Waals surface area contributed by atoms with Gasteiger partial charge in [-0.15, -0.1) is 0 Å². The molecule has 0 heterocycles. The van der Waals surface area contributed by atoms with Crippen molar-refractivity contribution in [2.75, 3.05) is 18.9 Å². The first-order chi connectivity index (χ1) is 14.4. The van der Waals surface area contributed by atoms with Crippen LogP contribution in [0.1, 0.15) is 15.9 Å². The molecule has 0 atom stereocenters. The molecule has 0 saturated heterocycles. The molecule has 0 spiro atoms. The van der Waals surface area contributed by atoms with Gasteiger partial charge in [0.15, 0.2) is 0 Å². The molecule has 3 aromatic carbocycles. The zero-order valence-electron chi connectivity index (χ0n) is 16.6. The molecule has 0 bridgehead atoms. The highest BCUT2D eigenvalue weighted by Crippen LogP contribution is 2.24. The number of nitrogens with one attached hydrogen (secondary N) is 2. The van der Waals surface area contributed by atoms with E-state index >= 15 is 0 Å². The van der Waals surface area contributed by atoms with Crippen molar-refractivity contribution in [1.82, 2.24) is 5.32 Å². The summed E-state index contributed by atoms with van der Waals surface area (Å²) in [5.41, 5.74) is 1.58. The first kappa shape index (κ1) is 21.2. The largest absolute Gasteiger partial charge is 0.497 e. The lowest BCUT2D eigenvalue weighted by molar-refractivity contribution is 0.0950. The van der Waals surface area contributed by atoms with Crippen LogP contribution in [-0.2, 0) is 16.6 Å². The van der Waals surface area contributed by atoms with Crippen molar-refractivity contribution >= 4 is 21.6 Å². The van der Waals surface area contributed by atoms with Crippen molar-refractivity contribution in [2.45, 2.75) is 11.4 Å². The summed E-state index contributed by atoms with van der Waals surface area (Å²) < 4.78 is 37.7. The van der Waals surface area contributed by atoms with Gasteiger partial charge in [0.1, 0.15) is 11.5 Å². The predicted molar refractivity (Wildman–Crippen MR) is 114 cm³/mol. The normalized spacial score (nSPS) is 10.9. The summed E-state index contributed by atoms with van der Waals surface area (Å²) in [6.07, 6.45) is 0. The van der Waals surface area contributed by atoms with E-state index in [1.165, 1.54) is 12.1 Å². The number of carbonyl (C=O) groups is 1. The smallest absolute Gasteiger partial charge is 0.261 e. The Bertz CT molecular complexity index is 1110. The van der Waals surface area contributed by atoms with Gasteiger partial charge >= 0.3 is 0 Å². The second-order valence-corrected chi connectivity index (χ2v) is 8.04. The SMILES string of the molecule is COc1ccc(CNC(=O)c2ccc(NS(=O)(=O)c3ccccc3)cc2)c(OC)c1. The van der Waals surface area contributed by atoms with Crippen LogP contribution in [0.25, 0.3) is 0 Å². The number of anilines is 1. The van der Waals surface area contributed by atoms with Crippen LogP contribution in [0.15, 0.2) is 77.7 Å². The van der Waals surface area contributed by atoms with Crippen LogP contribution >= 0.6 is 0 Å². The first-order valence-electron chi connectivity index (χ1n) is 9.10. The van der Waals surface area contributed by atoms with Crippen LogP contribution < -0.4 is 19.5 Å². The maximum Gasteiger partial charge on any atom is 0.261 e. The Labute approximate surface area is 175 Å². The maximum atomic E-state index is 12.4. The molecule has 8 heteroatoms. The minimum Gasteiger partial charge on any atom is -0.497 e. The van der Waals surface area contributed by atoms with Crippen molar-refractivity contribution < 1.29 is 22.7 Å². The van der Waals surface area contributed by atoms with Crippen molar-refractivity contribution in [1.29, 1.82) is 0 Å². The van der Waals surface area contributed by atoms with Gasteiger partial charge in [0.05, 0.1) is 19.1 Å². The molecular formula is C22H22N2O5S. The van der Waals surface area contributed by atoms with E-state index in [0.29, 0.717) is 22.7 Å². The van der Waals surface area contributed by atoms with Crippen molar-refractivity contribution in [2.24, 2.45) is 0 Å². The molecule has 30 heavy (non-hydrogen) atoms. The number of hydrogen-bond donors (Lipinski definition) is 2. The van der Waals surface area contributed by atoms with Gasteiger partial charge in [0, 0.05) is 29.4 Å². The molecule has 0 aromatic heterocycles. The Kier molecular flexibility index (Phi) is 6.58. The van der Waals surface area contributed by atoms with E-state index < -0.39 is 10.0 Å². The van der Waals surface area contributed by atoms with Crippen LogP contribution in [0.3, 0.4) is 0 Å². The molecule has 156 valence electrons. The molecule has 1 amide bonds. The molecule has 0 aliphatic heterocycles. The standard InChI is InChI=1S/C22H22N2O5S/c1-28-19-13-10-17(21(14-19)29-2)15-23-22(25)16-8-11-18(12-9-16)24-30(26,27)20-6-4-3-5-7-20/h3-14,24H,15H2,1-2H3,(H,23,25). The van der Waals surface area contributed by atoms with E-state index in [0.717, 1.165) is 5.56 Å². The number of rotatable bonds is 8. The molecule has 3 aromatic rings. The Morgan fingerprint density at radius 1 is 0.900 bits per heavy atom. The fourth-order valence-electron chi connectivity index (χ4n) is 2.78. The monoisotopic (exact) mass is 426 g/mol. The van der Waals surface area contributed by atoms with E-state index in [2.05, 4.69) is 10.0 Å². The highest BCUT2D eigenvalue weighted by molar-refractivity contribution is 7.92. The number of methoxy groups -OCH3 is 2.